The largest absolute Gasteiger partial charge is 0.508 e. The maximum absolute atomic E-state index is 14.2. The lowest BCUT2D eigenvalue weighted by Gasteiger charge is -2.35. The van der Waals surface area contributed by atoms with Crippen LogP contribution in [0.2, 0.25) is 0 Å². The van der Waals surface area contributed by atoms with Crippen LogP contribution in [0.4, 0.5) is 0 Å². The fourth-order valence-corrected chi connectivity index (χ4v) is 10.8. The highest BCUT2D eigenvalue weighted by molar-refractivity contribution is 7.22. The Kier molecular flexibility index (Phi) is 16.6. The van der Waals surface area contributed by atoms with Gasteiger partial charge in [-0.25, -0.2) is 4.98 Å². The highest BCUT2D eigenvalue weighted by Crippen LogP contribution is 2.42. The second-order valence-corrected chi connectivity index (χ2v) is 20.8. The normalized spacial score (nSPS) is 15.9. The maximum atomic E-state index is 14.2. The summed E-state index contributed by atoms with van der Waals surface area (Å²) in [6, 6.07) is 24.7. The number of nitrogens with zero attached hydrogens (tertiary/aromatic N) is 3. The molecule has 0 saturated carbocycles. The van der Waals surface area contributed by atoms with Crippen LogP contribution < -0.4 is 15.4 Å². The first-order valence-corrected chi connectivity index (χ1v) is 25.3. The number of aliphatic hydroxyl groups excluding tert-OH is 1. The molecule has 0 spiro atoms. The van der Waals surface area contributed by atoms with Gasteiger partial charge in [0.05, 0.1) is 28.2 Å². The summed E-state index contributed by atoms with van der Waals surface area (Å²) in [7, 11) is 0. The summed E-state index contributed by atoms with van der Waals surface area (Å²) in [5.74, 6) is -0.210. The predicted octanol–water partition coefficient (Wildman–Crippen LogP) is 9.27. The van der Waals surface area contributed by atoms with E-state index in [1.165, 1.54) is 16.2 Å². The predicted molar refractivity (Wildman–Crippen MR) is 273 cm³/mol. The summed E-state index contributed by atoms with van der Waals surface area (Å²) in [4.78, 5) is 65.1. The van der Waals surface area contributed by atoms with Crippen LogP contribution in [0.15, 0.2) is 96.5 Å². The van der Waals surface area contributed by atoms with Crippen molar-refractivity contribution in [3.63, 3.8) is 0 Å². The molecule has 13 nitrogen and oxygen atoms in total. The van der Waals surface area contributed by atoms with Gasteiger partial charge in [0.2, 0.25) is 17.7 Å². The second kappa shape index (κ2) is 22.5. The van der Waals surface area contributed by atoms with Crippen molar-refractivity contribution in [2.75, 3.05) is 32.8 Å². The molecular weight excluding hydrogens is 911 g/mol. The summed E-state index contributed by atoms with van der Waals surface area (Å²) < 4.78 is 6.87. The molecule has 3 heterocycles. The maximum Gasteiger partial charge on any atom is 0.246 e. The van der Waals surface area contributed by atoms with Crippen LogP contribution in [-0.4, -0.2) is 105 Å². The first kappa shape index (κ1) is 50.7. The van der Waals surface area contributed by atoms with Gasteiger partial charge in [0.15, 0.2) is 5.78 Å². The van der Waals surface area contributed by atoms with Gasteiger partial charge in [-0.1, -0.05) is 58.4 Å². The minimum absolute atomic E-state index is 0.00897. The number of benzene rings is 4. The van der Waals surface area contributed by atoms with Crippen LogP contribution in [0, 0.1) is 12.3 Å². The lowest BCUT2D eigenvalue weighted by molar-refractivity contribution is -0.144. The standard InChI is InChI=1S/C54H63N5O8S2/c1-7-58(27-28-67-42-23-18-36(19-24-42)48(64)47-43-25-22-40(61)30-45(43)69-50(47)38-16-20-39(60)21-17-38)26-10-8-9-11-46(63)57-51(54(4,5)6)53(66)59-31-41(62)29-44(59)52(65)56-33(2)35-12-14-37(15-13-35)49-34(3)55-32-68-49/h12-25,30,32-33,41,44,51,60-62H,7-11,26-29,31H2,1-6H3,(H,56,65)(H,57,63). The molecule has 1 saturated heterocycles. The summed E-state index contributed by atoms with van der Waals surface area (Å²) in [5.41, 5.74) is 5.94. The highest BCUT2D eigenvalue weighted by Gasteiger charge is 2.44. The van der Waals surface area contributed by atoms with Crippen molar-refractivity contribution >= 4 is 56.3 Å². The molecule has 1 aliphatic rings. The molecule has 5 N–H and O–H groups in total. The molecule has 7 rings (SSSR count). The minimum Gasteiger partial charge on any atom is -0.508 e. The van der Waals surface area contributed by atoms with Crippen molar-refractivity contribution in [2.45, 2.75) is 97.9 Å². The number of ketones is 1. The smallest absolute Gasteiger partial charge is 0.246 e. The number of fused-ring (bicyclic) bond motifs is 1. The number of carbonyl (C=O) groups excluding carboxylic acids is 4. The Morgan fingerprint density at radius 2 is 1.55 bits per heavy atom. The Morgan fingerprint density at radius 1 is 0.870 bits per heavy atom. The van der Waals surface area contributed by atoms with Gasteiger partial charge >= 0.3 is 0 Å². The van der Waals surface area contributed by atoms with Gasteiger partial charge < -0.3 is 40.5 Å². The van der Waals surface area contributed by atoms with E-state index in [0.29, 0.717) is 36.4 Å². The molecule has 6 aromatic rings. The van der Waals surface area contributed by atoms with Gasteiger partial charge in [-0.05, 0) is 129 Å². The molecule has 0 bridgehead atoms. The number of hydrogen-bond donors (Lipinski definition) is 5. The first-order valence-electron chi connectivity index (χ1n) is 23.6. The average Bonchev–Trinajstić information content (AvgIpc) is 4.05. The molecule has 1 aliphatic heterocycles. The summed E-state index contributed by atoms with van der Waals surface area (Å²) in [6.07, 6.45) is 1.84. The van der Waals surface area contributed by atoms with Crippen LogP contribution in [-0.2, 0) is 14.4 Å². The molecule has 364 valence electrons. The Hall–Kier alpha value is -6.13. The molecule has 4 aromatic carbocycles. The first-order chi connectivity index (χ1) is 33.0. The van der Waals surface area contributed by atoms with E-state index in [1.54, 1.807) is 78.1 Å². The Bertz CT molecular complexity index is 2730. The number of carbonyl (C=O) groups is 4. The number of nitrogens with one attached hydrogen (secondary N) is 2. The van der Waals surface area contributed by atoms with Crippen molar-refractivity contribution < 1.29 is 39.2 Å². The van der Waals surface area contributed by atoms with Gasteiger partial charge in [0.1, 0.15) is 35.9 Å². The van der Waals surface area contributed by atoms with Crippen molar-refractivity contribution in [3.05, 3.63) is 119 Å². The lowest BCUT2D eigenvalue weighted by Crippen LogP contribution is -2.57. The number of hydrogen-bond acceptors (Lipinski definition) is 12. The minimum atomic E-state index is -0.889. The van der Waals surface area contributed by atoms with E-state index in [4.69, 9.17) is 4.74 Å². The second-order valence-electron chi connectivity index (χ2n) is 18.9. The molecule has 0 radical (unpaired) electrons. The zero-order valence-electron chi connectivity index (χ0n) is 40.2. The van der Waals surface area contributed by atoms with Gasteiger partial charge in [0.25, 0.3) is 0 Å². The number of aryl methyl sites for hydroxylation is 1. The number of aliphatic hydroxyl groups is 1. The quantitative estimate of drug-likeness (QED) is 0.0366. The zero-order chi connectivity index (χ0) is 49.4. The molecule has 3 amide bonds. The molecule has 69 heavy (non-hydrogen) atoms. The number of thiazole rings is 1. The van der Waals surface area contributed by atoms with Crippen molar-refractivity contribution in [1.29, 1.82) is 0 Å². The van der Waals surface area contributed by atoms with E-state index in [2.05, 4.69) is 27.4 Å². The van der Waals surface area contributed by atoms with Gasteiger partial charge in [-0.3, -0.25) is 19.2 Å². The van der Waals surface area contributed by atoms with Crippen LogP contribution in [0.5, 0.6) is 17.2 Å². The summed E-state index contributed by atoms with van der Waals surface area (Å²) in [5, 5.41) is 37.4. The third-order valence-electron chi connectivity index (χ3n) is 12.7. The van der Waals surface area contributed by atoms with Crippen LogP contribution >= 0.6 is 22.7 Å². The third kappa shape index (κ3) is 12.6. The van der Waals surface area contributed by atoms with Crippen LogP contribution in [0.3, 0.4) is 0 Å². The van der Waals surface area contributed by atoms with E-state index in [0.717, 1.165) is 68.2 Å². The van der Waals surface area contributed by atoms with Crippen LogP contribution in [0.1, 0.15) is 99.9 Å². The Morgan fingerprint density at radius 3 is 2.22 bits per heavy atom. The molecule has 0 aliphatic carbocycles. The number of unbranched alkanes of at least 4 members (excludes halogenated alkanes) is 2. The highest BCUT2D eigenvalue weighted by atomic mass is 32.1. The number of rotatable bonds is 20. The SMILES string of the molecule is CCN(CCCCCC(=O)NC(C(=O)N1CC(O)CC1C(=O)NC(C)c1ccc(-c2scnc2C)cc1)C(C)(C)C)CCOc1ccc(C(=O)c2c(-c3ccc(O)cc3)sc3cc(O)ccc23)cc1. The van der Waals surface area contributed by atoms with E-state index >= 15 is 0 Å². The third-order valence-corrected chi connectivity index (χ3v) is 14.9. The van der Waals surface area contributed by atoms with Gasteiger partial charge in [-0.2, -0.15) is 0 Å². The Balaban J connectivity index is 0.849. The number of aromatic nitrogens is 1. The average molecular weight is 974 g/mol. The van der Waals surface area contributed by atoms with Crippen molar-refractivity contribution in [2.24, 2.45) is 5.41 Å². The number of ether oxygens (including phenoxy) is 1. The summed E-state index contributed by atoms with van der Waals surface area (Å²) >= 11 is 3.00. The fourth-order valence-electron chi connectivity index (χ4n) is 8.74. The fraction of sp³-hybridized carbons (Fsp3) is 0.389. The summed E-state index contributed by atoms with van der Waals surface area (Å²) in [6.45, 7) is 14.4. The molecule has 1 fully saturated rings. The lowest BCUT2D eigenvalue weighted by atomic mass is 9.85. The number of amides is 3. The molecular formula is C54H63N5O8S2. The number of likely N-dealkylation sites (tertiary alicyclic amines) is 1. The Labute approximate surface area is 412 Å². The number of likely N-dealkylation sites (N-methyl/N-ethyl adjacent to an activating group) is 1. The zero-order valence-corrected chi connectivity index (χ0v) is 41.8. The van der Waals surface area contributed by atoms with E-state index in [-0.39, 0.29) is 60.4 Å². The van der Waals surface area contributed by atoms with Gasteiger partial charge in [0, 0.05) is 52.0 Å². The van der Waals surface area contributed by atoms with E-state index < -0.39 is 23.6 Å². The van der Waals surface area contributed by atoms with Crippen LogP contribution in [0.25, 0.3) is 31.0 Å². The number of phenolic OH excluding ortho intramolecular Hbond substituents is 2. The number of aromatic hydroxyl groups is 2. The molecule has 4 atom stereocenters. The monoisotopic (exact) mass is 973 g/mol. The van der Waals surface area contributed by atoms with Gasteiger partial charge in [-0.15, -0.1) is 22.7 Å². The van der Waals surface area contributed by atoms with Crippen molar-refractivity contribution in [3.8, 4) is 38.1 Å². The molecule has 15 heteroatoms. The van der Waals surface area contributed by atoms with Crippen molar-refractivity contribution in [1.82, 2.24) is 25.4 Å². The topological polar surface area (TPSA) is 182 Å². The van der Waals surface area contributed by atoms with E-state index in [1.807, 2.05) is 64.4 Å². The molecule has 2 aromatic heterocycles. The number of β-amino-alcohol motifs (C(OH)–C–C–N with tert-alkyl or cyclic N) is 1. The number of thiophene rings is 1. The van der Waals surface area contributed by atoms with E-state index in [9.17, 15) is 34.5 Å². The molecule has 4 unspecified atom stereocenters. The number of phenols is 2.